The van der Waals surface area contributed by atoms with Gasteiger partial charge in [-0.3, -0.25) is 4.79 Å². The number of ether oxygens (including phenoxy) is 1. The summed E-state index contributed by atoms with van der Waals surface area (Å²) in [5.41, 5.74) is 7.28. The number of aromatic nitrogens is 3. The van der Waals surface area contributed by atoms with E-state index < -0.39 is 12.1 Å². The molecule has 2 aromatic heterocycles. The number of rotatable bonds is 6. The third-order valence-corrected chi connectivity index (χ3v) is 7.40. The van der Waals surface area contributed by atoms with E-state index in [9.17, 15) is 18.0 Å². The summed E-state index contributed by atoms with van der Waals surface area (Å²) in [5.74, 6) is 1.29. The van der Waals surface area contributed by atoms with Crippen molar-refractivity contribution in [1.29, 1.82) is 0 Å². The average molecular weight is 542 g/mol. The standard InChI is InChI=1S/C27H30F3N7O2/c1-32-25(38)18-5-3-8-26(15-18)9-11-37(16-26)23-14-22(35-24(36-23)17-4-2-6-19(31)12-17)34-21-13-20(7-10-33-21)39-27(28,29)30/h2,4,6-7,10,12-14,18H,3,5,8-9,11,15-16,31H2,1H3,(H,32,38)(H,33,34,35,36). The van der Waals surface area contributed by atoms with Gasteiger partial charge in [0.25, 0.3) is 0 Å². The zero-order valence-corrected chi connectivity index (χ0v) is 21.5. The van der Waals surface area contributed by atoms with E-state index >= 15 is 0 Å². The molecule has 2 aliphatic rings. The maximum atomic E-state index is 12.7. The Morgan fingerprint density at radius 3 is 2.77 bits per heavy atom. The number of nitrogens with two attached hydrogens (primary N) is 1. The molecule has 9 nitrogen and oxygen atoms in total. The van der Waals surface area contributed by atoms with Crippen molar-refractivity contribution in [3.8, 4) is 17.1 Å². The molecule has 206 valence electrons. The second kappa shape index (κ2) is 10.6. The van der Waals surface area contributed by atoms with Crippen LogP contribution in [-0.2, 0) is 4.79 Å². The summed E-state index contributed by atoms with van der Waals surface area (Å²) in [6.07, 6.45) is 1.12. The fraction of sp³-hybridized carbons (Fsp3) is 0.407. The smallest absolute Gasteiger partial charge is 0.406 e. The lowest BCUT2D eigenvalue weighted by Crippen LogP contribution is -2.38. The van der Waals surface area contributed by atoms with Crippen LogP contribution in [-0.4, -0.2) is 47.4 Å². The number of nitrogens with zero attached hydrogens (tertiary/aromatic N) is 4. The van der Waals surface area contributed by atoms with Crippen LogP contribution in [0.2, 0.25) is 0 Å². The zero-order valence-electron chi connectivity index (χ0n) is 21.5. The number of carbonyl (C=O) groups is 1. The number of hydrogen-bond donors (Lipinski definition) is 3. The number of nitrogen functional groups attached to an aromatic ring is 1. The molecular weight excluding hydrogens is 511 g/mol. The fourth-order valence-electron chi connectivity index (χ4n) is 5.65. The molecule has 5 rings (SSSR count). The number of carbonyl (C=O) groups excluding carboxylic acids is 1. The molecule has 1 aromatic carbocycles. The predicted molar refractivity (Wildman–Crippen MR) is 141 cm³/mol. The van der Waals surface area contributed by atoms with Crippen molar-refractivity contribution < 1.29 is 22.7 Å². The van der Waals surface area contributed by atoms with Gasteiger partial charge in [-0.05, 0) is 49.3 Å². The molecule has 2 unspecified atom stereocenters. The summed E-state index contributed by atoms with van der Waals surface area (Å²) in [4.78, 5) is 28.1. The molecule has 1 saturated carbocycles. The van der Waals surface area contributed by atoms with Crippen LogP contribution in [0.15, 0.2) is 48.7 Å². The molecule has 12 heteroatoms. The fourth-order valence-corrected chi connectivity index (χ4v) is 5.65. The van der Waals surface area contributed by atoms with Crippen molar-refractivity contribution in [3.05, 3.63) is 48.7 Å². The first kappa shape index (κ1) is 26.5. The summed E-state index contributed by atoms with van der Waals surface area (Å²) in [5, 5.41) is 5.79. The molecule has 0 radical (unpaired) electrons. The molecule has 1 saturated heterocycles. The van der Waals surface area contributed by atoms with E-state index in [0.29, 0.717) is 28.7 Å². The van der Waals surface area contributed by atoms with E-state index in [-0.39, 0.29) is 23.1 Å². The lowest BCUT2D eigenvalue weighted by Gasteiger charge is -2.37. The maximum absolute atomic E-state index is 12.7. The largest absolute Gasteiger partial charge is 0.573 e. The monoisotopic (exact) mass is 541 g/mol. The Balaban J connectivity index is 1.44. The van der Waals surface area contributed by atoms with Gasteiger partial charge in [0.05, 0.1) is 0 Å². The minimum atomic E-state index is -4.82. The van der Waals surface area contributed by atoms with Crippen molar-refractivity contribution in [3.63, 3.8) is 0 Å². The highest BCUT2D eigenvalue weighted by atomic mass is 19.4. The van der Waals surface area contributed by atoms with Gasteiger partial charge < -0.3 is 26.0 Å². The molecule has 4 N–H and O–H groups in total. The summed E-state index contributed by atoms with van der Waals surface area (Å²) < 4.78 is 42.2. The number of nitrogens with one attached hydrogen (secondary N) is 2. The zero-order chi connectivity index (χ0) is 27.6. The molecular formula is C27H30F3N7O2. The number of hydrogen-bond acceptors (Lipinski definition) is 8. The highest BCUT2D eigenvalue weighted by Gasteiger charge is 2.44. The SMILES string of the molecule is CNC(=O)C1CCCC2(CCN(c3cc(Nc4cc(OC(F)(F)F)ccn4)nc(-c4cccc(N)c4)n3)C2)C1. The molecule has 1 amide bonds. The molecule has 3 aromatic rings. The quantitative estimate of drug-likeness (QED) is 0.378. The third-order valence-electron chi connectivity index (χ3n) is 7.40. The lowest BCUT2D eigenvalue weighted by molar-refractivity contribution is -0.274. The van der Waals surface area contributed by atoms with Gasteiger partial charge in [-0.1, -0.05) is 18.6 Å². The number of pyridine rings is 1. The van der Waals surface area contributed by atoms with Crippen LogP contribution in [0.4, 0.5) is 36.3 Å². The topological polar surface area (TPSA) is 118 Å². The first-order valence-corrected chi connectivity index (χ1v) is 12.8. The van der Waals surface area contributed by atoms with Crippen LogP contribution >= 0.6 is 0 Å². The maximum Gasteiger partial charge on any atom is 0.573 e. The van der Waals surface area contributed by atoms with Gasteiger partial charge in [-0.25, -0.2) is 15.0 Å². The molecule has 1 aliphatic carbocycles. The lowest BCUT2D eigenvalue weighted by atomic mass is 9.69. The van der Waals surface area contributed by atoms with Gasteiger partial charge in [0.15, 0.2) is 5.82 Å². The normalized spacial score (nSPS) is 21.1. The van der Waals surface area contributed by atoms with Gasteiger partial charge in [-0.2, -0.15) is 0 Å². The molecule has 3 heterocycles. The van der Waals surface area contributed by atoms with Gasteiger partial charge in [0, 0.05) is 55.6 Å². The number of anilines is 4. The van der Waals surface area contributed by atoms with E-state index in [1.807, 2.05) is 6.07 Å². The molecule has 1 spiro atoms. The van der Waals surface area contributed by atoms with E-state index in [1.54, 1.807) is 31.3 Å². The average Bonchev–Trinajstić information content (AvgIpc) is 3.30. The van der Waals surface area contributed by atoms with Gasteiger partial charge >= 0.3 is 6.36 Å². The molecule has 39 heavy (non-hydrogen) atoms. The second-order valence-corrected chi connectivity index (χ2v) is 10.2. The van der Waals surface area contributed by atoms with Crippen LogP contribution in [0.25, 0.3) is 11.4 Å². The van der Waals surface area contributed by atoms with E-state index in [1.165, 1.54) is 6.20 Å². The molecule has 0 bridgehead atoms. The third kappa shape index (κ3) is 6.32. The summed E-state index contributed by atoms with van der Waals surface area (Å²) >= 11 is 0. The molecule has 2 atom stereocenters. The van der Waals surface area contributed by atoms with Crippen molar-refractivity contribution in [1.82, 2.24) is 20.3 Å². The van der Waals surface area contributed by atoms with Crippen LogP contribution in [0.3, 0.4) is 0 Å². The predicted octanol–water partition coefficient (Wildman–Crippen LogP) is 4.90. The van der Waals surface area contributed by atoms with Gasteiger partial charge in [-0.15, -0.1) is 13.2 Å². The molecule has 2 fully saturated rings. The Kier molecular flexibility index (Phi) is 7.19. The first-order valence-electron chi connectivity index (χ1n) is 12.8. The van der Waals surface area contributed by atoms with Crippen molar-refractivity contribution in [2.75, 3.05) is 36.1 Å². The van der Waals surface area contributed by atoms with E-state index in [4.69, 9.17) is 10.7 Å². The Hall–Kier alpha value is -4.09. The summed E-state index contributed by atoms with van der Waals surface area (Å²) in [7, 11) is 1.68. The van der Waals surface area contributed by atoms with Crippen LogP contribution in [0, 0.1) is 11.3 Å². The number of halogens is 3. The first-order chi connectivity index (χ1) is 18.6. The van der Waals surface area contributed by atoms with E-state index in [0.717, 1.165) is 57.3 Å². The Morgan fingerprint density at radius 2 is 2.00 bits per heavy atom. The Bertz CT molecular complexity index is 1350. The minimum absolute atomic E-state index is 0.00597. The minimum Gasteiger partial charge on any atom is -0.406 e. The van der Waals surface area contributed by atoms with Crippen molar-refractivity contribution >= 4 is 29.0 Å². The van der Waals surface area contributed by atoms with Crippen LogP contribution < -0.4 is 26.0 Å². The summed E-state index contributed by atoms with van der Waals surface area (Å²) in [6.45, 7) is 1.51. The summed E-state index contributed by atoms with van der Waals surface area (Å²) in [6, 6.07) is 11.2. The van der Waals surface area contributed by atoms with Gasteiger partial charge in [0.2, 0.25) is 5.91 Å². The van der Waals surface area contributed by atoms with Crippen molar-refractivity contribution in [2.45, 2.75) is 38.5 Å². The van der Waals surface area contributed by atoms with Crippen molar-refractivity contribution in [2.24, 2.45) is 11.3 Å². The number of benzene rings is 1. The number of alkyl halides is 3. The Morgan fingerprint density at radius 1 is 1.15 bits per heavy atom. The highest BCUT2D eigenvalue weighted by molar-refractivity contribution is 5.78. The van der Waals surface area contributed by atoms with Crippen LogP contribution in [0.5, 0.6) is 5.75 Å². The second-order valence-electron chi connectivity index (χ2n) is 10.2. The Labute approximate surface area is 224 Å². The molecule has 1 aliphatic heterocycles. The van der Waals surface area contributed by atoms with Crippen LogP contribution in [0.1, 0.15) is 32.1 Å². The van der Waals surface area contributed by atoms with E-state index in [2.05, 4.69) is 30.2 Å². The highest BCUT2D eigenvalue weighted by Crippen LogP contribution is 2.47. The number of amides is 1. The van der Waals surface area contributed by atoms with Gasteiger partial charge in [0.1, 0.15) is 23.2 Å².